The SMILES string of the molecule is O=C(NC1CCCCC1)C1[C@H]2CC[C@H]3[C@@H](CC[C@@H]12)C3(Cl)Cl. The number of amides is 1. The van der Waals surface area contributed by atoms with Gasteiger partial charge in [-0.2, -0.15) is 0 Å². The summed E-state index contributed by atoms with van der Waals surface area (Å²) in [7, 11) is 0. The van der Waals surface area contributed by atoms with Crippen LogP contribution in [0.1, 0.15) is 57.8 Å². The molecule has 5 atom stereocenters. The van der Waals surface area contributed by atoms with Gasteiger partial charge in [-0.25, -0.2) is 0 Å². The van der Waals surface area contributed by atoms with Crippen LogP contribution in [0.4, 0.5) is 0 Å². The van der Waals surface area contributed by atoms with Crippen LogP contribution < -0.4 is 5.32 Å². The van der Waals surface area contributed by atoms with Crippen molar-refractivity contribution in [1.82, 2.24) is 5.32 Å². The van der Waals surface area contributed by atoms with Gasteiger partial charge < -0.3 is 5.32 Å². The van der Waals surface area contributed by atoms with E-state index in [2.05, 4.69) is 5.32 Å². The molecule has 4 rings (SSSR count). The van der Waals surface area contributed by atoms with Crippen molar-refractivity contribution in [3.63, 3.8) is 0 Å². The zero-order chi connectivity index (χ0) is 14.6. The summed E-state index contributed by atoms with van der Waals surface area (Å²) in [5.41, 5.74) is 0. The molecule has 0 aliphatic heterocycles. The summed E-state index contributed by atoms with van der Waals surface area (Å²) in [5.74, 6) is 2.84. The summed E-state index contributed by atoms with van der Waals surface area (Å²) in [6.07, 6.45) is 10.8. The first-order valence-corrected chi connectivity index (χ1v) is 9.53. The van der Waals surface area contributed by atoms with Gasteiger partial charge >= 0.3 is 0 Å². The predicted molar refractivity (Wildman–Crippen MR) is 85.4 cm³/mol. The summed E-state index contributed by atoms with van der Waals surface area (Å²) < 4.78 is -0.448. The molecular weight excluding hydrogens is 305 g/mol. The van der Waals surface area contributed by atoms with E-state index in [0.717, 1.165) is 25.7 Å². The molecule has 0 saturated heterocycles. The number of fused-ring (bicyclic) bond motifs is 2. The minimum atomic E-state index is -0.448. The number of nitrogens with one attached hydrogen (secondary N) is 1. The number of carbonyl (C=O) groups excluding carboxylic acids is 1. The van der Waals surface area contributed by atoms with Gasteiger partial charge in [-0.1, -0.05) is 19.3 Å². The number of halogens is 2. The smallest absolute Gasteiger partial charge is 0.223 e. The Morgan fingerprint density at radius 2 is 1.43 bits per heavy atom. The monoisotopic (exact) mass is 329 g/mol. The topological polar surface area (TPSA) is 29.1 Å². The minimum Gasteiger partial charge on any atom is -0.353 e. The Labute approximate surface area is 137 Å². The number of alkyl halides is 2. The molecule has 4 fully saturated rings. The third kappa shape index (κ3) is 2.61. The Morgan fingerprint density at radius 1 is 0.857 bits per heavy atom. The Hall–Kier alpha value is 0.0500. The Kier molecular flexibility index (Phi) is 3.69. The van der Waals surface area contributed by atoms with E-state index in [-0.39, 0.29) is 0 Å². The van der Waals surface area contributed by atoms with E-state index in [0.29, 0.717) is 41.5 Å². The van der Waals surface area contributed by atoms with Crippen molar-refractivity contribution in [2.45, 2.75) is 68.2 Å². The lowest BCUT2D eigenvalue weighted by Gasteiger charge is -2.22. The first kappa shape index (κ1) is 14.6. The van der Waals surface area contributed by atoms with Crippen molar-refractivity contribution in [3.05, 3.63) is 0 Å². The van der Waals surface area contributed by atoms with Gasteiger partial charge in [0.05, 0.1) is 0 Å². The quantitative estimate of drug-likeness (QED) is 0.752. The van der Waals surface area contributed by atoms with Crippen molar-refractivity contribution in [2.75, 3.05) is 0 Å². The van der Waals surface area contributed by atoms with Crippen LogP contribution in [0, 0.1) is 29.6 Å². The second kappa shape index (κ2) is 5.30. The number of rotatable bonds is 2. The van der Waals surface area contributed by atoms with Crippen molar-refractivity contribution in [2.24, 2.45) is 29.6 Å². The number of carbonyl (C=O) groups is 1. The molecule has 4 heteroatoms. The van der Waals surface area contributed by atoms with Crippen molar-refractivity contribution in [3.8, 4) is 0 Å². The second-order valence-corrected chi connectivity index (χ2v) is 9.18. The molecule has 2 nitrogen and oxygen atoms in total. The van der Waals surface area contributed by atoms with Crippen molar-refractivity contribution >= 4 is 29.1 Å². The maximum absolute atomic E-state index is 12.5. The zero-order valence-corrected chi connectivity index (χ0v) is 14.0. The lowest BCUT2D eigenvalue weighted by Crippen LogP contribution is -2.37. The van der Waals surface area contributed by atoms with Crippen LogP contribution in [0.15, 0.2) is 0 Å². The highest BCUT2D eigenvalue weighted by molar-refractivity contribution is 6.51. The molecule has 0 heterocycles. The number of hydrogen-bond donors (Lipinski definition) is 1. The van der Waals surface area contributed by atoms with E-state index in [1.54, 1.807) is 0 Å². The fraction of sp³-hybridized carbons (Fsp3) is 0.941. The van der Waals surface area contributed by atoms with Crippen molar-refractivity contribution < 1.29 is 4.79 Å². The first-order valence-electron chi connectivity index (χ1n) is 8.77. The van der Waals surface area contributed by atoms with E-state index >= 15 is 0 Å². The Bertz CT molecular complexity index is 411. The summed E-state index contributed by atoms with van der Waals surface area (Å²) in [6.45, 7) is 0. The molecule has 0 aromatic heterocycles. The second-order valence-electron chi connectivity index (χ2n) is 7.74. The summed E-state index contributed by atoms with van der Waals surface area (Å²) >= 11 is 12.7. The minimum absolute atomic E-state index is 0.296. The fourth-order valence-electron chi connectivity index (χ4n) is 5.16. The van der Waals surface area contributed by atoms with Gasteiger partial charge in [-0.3, -0.25) is 4.79 Å². The van der Waals surface area contributed by atoms with Gasteiger partial charge in [0.15, 0.2) is 0 Å². The van der Waals surface area contributed by atoms with Crippen LogP contribution in [0.2, 0.25) is 0 Å². The average molecular weight is 330 g/mol. The molecule has 4 saturated carbocycles. The first-order chi connectivity index (χ1) is 10.1. The fourth-order valence-corrected chi connectivity index (χ4v) is 6.08. The third-order valence-electron chi connectivity index (χ3n) is 6.57. The molecule has 1 N–H and O–H groups in total. The summed E-state index contributed by atoms with van der Waals surface area (Å²) in [4.78, 5) is 12.5. The molecule has 0 aromatic rings. The molecule has 4 aliphatic rings. The van der Waals surface area contributed by atoms with E-state index in [1.807, 2.05) is 0 Å². The summed E-state index contributed by atoms with van der Waals surface area (Å²) in [5, 5.41) is 3.33. The lowest BCUT2D eigenvalue weighted by atomic mass is 9.95. The maximum Gasteiger partial charge on any atom is 0.223 e. The highest BCUT2D eigenvalue weighted by Gasteiger charge is 2.65. The highest BCUT2D eigenvalue weighted by Crippen LogP contribution is 2.67. The van der Waals surface area contributed by atoms with Crippen LogP contribution in [-0.4, -0.2) is 16.3 Å². The third-order valence-corrected chi connectivity index (χ3v) is 7.69. The number of hydrogen-bond acceptors (Lipinski definition) is 1. The summed E-state index contributed by atoms with van der Waals surface area (Å²) in [6, 6.07) is 0.449. The highest BCUT2D eigenvalue weighted by atomic mass is 35.5. The lowest BCUT2D eigenvalue weighted by molar-refractivity contribution is -0.123. The molecule has 4 aliphatic carbocycles. The van der Waals surface area contributed by atoms with Gasteiger partial charge in [0.1, 0.15) is 4.33 Å². The molecule has 118 valence electrons. The Balaban J connectivity index is 1.31. The van der Waals surface area contributed by atoms with Crippen LogP contribution >= 0.6 is 23.2 Å². The molecule has 0 bridgehead atoms. The van der Waals surface area contributed by atoms with Gasteiger partial charge in [-0.05, 0) is 62.2 Å². The van der Waals surface area contributed by atoms with Crippen LogP contribution in [0.3, 0.4) is 0 Å². The normalized spacial score (nSPS) is 44.8. The molecular formula is C17H25Cl2NO. The van der Waals surface area contributed by atoms with E-state index in [9.17, 15) is 4.79 Å². The van der Waals surface area contributed by atoms with Gasteiger partial charge in [0, 0.05) is 12.0 Å². The molecule has 1 amide bonds. The predicted octanol–water partition coefficient (Wildman–Crippen LogP) is 4.29. The standard InChI is InChI=1S/C17H25Cl2NO/c18-17(19)13-8-6-11-12(7-9-14(13)17)15(11)16(21)20-10-4-2-1-3-5-10/h10-15H,1-9H2,(H,20,21)/t11-,12+,13-,14+,15?. The Morgan fingerprint density at radius 3 is 2.00 bits per heavy atom. The van der Waals surface area contributed by atoms with Crippen LogP contribution in [-0.2, 0) is 4.79 Å². The van der Waals surface area contributed by atoms with E-state index in [1.165, 1.54) is 32.1 Å². The molecule has 0 radical (unpaired) electrons. The van der Waals surface area contributed by atoms with Gasteiger partial charge in [0.2, 0.25) is 5.91 Å². The molecule has 21 heavy (non-hydrogen) atoms. The van der Waals surface area contributed by atoms with Gasteiger partial charge in [0.25, 0.3) is 0 Å². The molecule has 0 spiro atoms. The average Bonchev–Trinajstić information content (AvgIpc) is 3.24. The molecule has 1 unspecified atom stereocenters. The van der Waals surface area contributed by atoms with Crippen molar-refractivity contribution in [1.29, 1.82) is 0 Å². The van der Waals surface area contributed by atoms with Gasteiger partial charge in [-0.15, -0.1) is 23.2 Å². The maximum atomic E-state index is 12.5. The molecule has 0 aromatic carbocycles. The van der Waals surface area contributed by atoms with E-state index in [4.69, 9.17) is 23.2 Å². The zero-order valence-electron chi connectivity index (χ0n) is 12.5. The van der Waals surface area contributed by atoms with E-state index < -0.39 is 4.33 Å². The largest absolute Gasteiger partial charge is 0.353 e. The van der Waals surface area contributed by atoms with Crippen LogP contribution in [0.25, 0.3) is 0 Å². The van der Waals surface area contributed by atoms with Crippen LogP contribution in [0.5, 0.6) is 0 Å².